The minimum absolute atomic E-state index is 0.512. The zero-order valence-corrected chi connectivity index (χ0v) is 12.1. The van der Waals surface area contributed by atoms with Crippen LogP contribution in [0, 0.1) is 0 Å². The lowest BCUT2D eigenvalue weighted by Crippen LogP contribution is -2.24. The summed E-state index contributed by atoms with van der Waals surface area (Å²) in [6, 6.07) is 8.08. The standard InChI is InChI=1S/C15H19ClN2O/c1-11(2)17-9-4-10-19-14-7-6-13(16)12-5-3-8-18-15(12)14/h3,5-8,11,17H,4,9-10H2,1-2H3. The molecule has 0 atom stereocenters. The maximum absolute atomic E-state index is 6.14. The normalized spacial score (nSPS) is 11.2. The van der Waals surface area contributed by atoms with Gasteiger partial charge in [-0.3, -0.25) is 4.98 Å². The predicted octanol–water partition coefficient (Wildman–Crippen LogP) is 3.66. The Bertz CT molecular complexity index is 543. The van der Waals surface area contributed by atoms with Crippen molar-refractivity contribution in [1.82, 2.24) is 10.3 Å². The molecule has 1 heterocycles. The third kappa shape index (κ3) is 3.82. The molecular weight excluding hydrogens is 260 g/mol. The first-order valence-electron chi connectivity index (χ1n) is 6.58. The zero-order chi connectivity index (χ0) is 13.7. The number of benzene rings is 1. The van der Waals surface area contributed by atoms with Crippen LogP contribution in [0.1, 0.15) is 20.3 Å². The van der Waals surface area contributed by atoms with Gasteiger partial charge in [-0.2, -0.15) is 0 Å². The summed E-state index contributed by atoms with van der Waals surface area (Å²) < 4.78 is 5.79. The van der Waals surface area contributed by atoms with Gasteiger partial charge >= 0.3 is 0 Å². The van der Waals surface area contributed by atoms with E-state index in [1.54, 1.807) is 6.20 Å². The van der Waals surface area contributed by atoms with Crippen LogP contribution in [-0.4, -0.2) is 24.2 Å². The fourth-order valence-corrected chi connectivity index (χ4v) is 2.09. The van der Waals surface area contributed by atoms with Crippen molar-refractivity contribution in [2.45, 2.75) is 26.3 Å². The summed E-state index contributed by atoms with van der Waals surface area (Å²) in [7, 11) is 0. The van der Waals surface area contributed by atoms with Gasteiger partial charge in [-0.1, -0.05) is 25.4 Å². The van der Waals surface area contributed by atoms with Crippen molar-refractivity contribution in [2.24, 2.45) is 0 Å². The SMILES string of the molecule is CC(C)NCCCOc1ccc(Cl)c2cccnc12. The third-order valence-electron chi connectivity index (χ3n) is 2.81. The van der Waals surface area contributed by atoms with E-state index >= 15 is 0 Å². The molecule has 3 nitrogen and oxygen atoms in total. The van der Waals surface area contributed by atoms with Gasteiger partial charge in [-0.15, -0.1) is 0 Å². The molecule has 0 aliphatic heterocycles. The number of rotatable bonds is 6. The highest BCUT2D eigenvalue weighted by Crippen LogP contribution is 2.29. The Morgan fingerprint density at radius 3 is 2.95 bits per heavy atom. The Kier molecular flexibility index (Phi) is 5.00. The minimum Gasteiger partial charge on any atom is -0.491 e. The van der Waals surface area contributed by atoms with E-state index in [2.05, 4.69) is 24.1 Å². The van der Waals surface area contributed by atoms with Crippen LogP contribution in [0.25, 0.3) is 10.9 Å². The molecule has 1 N–H and O–H groups in total. The van der Waals surface area contributed by atoms with Gasteiger partial charge in [0, 0.05) is 17.6 Å². The number of hydrogen-bond donors (Lipinski definition) is 1. The third-order valence-corrected chi connectivity index (χ3v) is 3.14. The summed E-state index contributed by atoms with van der Waals surface area (Å²) in [4.78, 5) is 4.34. The molecule has 0 spiro atoms. The lowest BCUT2D eigenvalue weighted by molar-refractivity contribution is 0.309. The second-order valence-electron chi connectivity index (χ2n) is 4.76. The second-order valence-corrected chi connectivity index (χ2v) is 5.16. The number of nitrogens with zero attached hydrogens (tertiary/aromatic N) is 1. The lowest BCUT2D eigenvalue weighted by Gasteiger charge is -2.11. The van der Waals surface area contributed by atoms with Crippen molar-refractivity contribution in [2.75, 3.05) is 13.2 Å². The van der Waals surface area contributed by atoms with Gasteiger partial charge < -0.3 is 10.1 Å². The molecule has 0 radical (unpaired) electrons. The zero-order valence-electron chi connectivity index (χ0n) is 11.3. The summed E-state index contributed by atoms with van der Waals surface area (Å²) in [5, 5.41) is 5.00. The van der Waals surface area contributed by atoms with E-state index in [4.69, 9.17) is 16.3 Å². The van der Waals surface area contributed by atoms with Crippen molar-refractivity contribution in [3.05, 3.63) is 35.5 Å². The summed E-state index contributed by atoms with van der Waals surface area (Å²) in [6.45, 7) is 5.90. The molecule has 0 amide bonds. The van der Waals surface area contributed by atoms with Crippen LogP contribution in [0.5, 0.6) is 5.75 Å². The molecule has 2 aromatic rings. The number of hydrogen-bond acceptors (Lipinski definition) is 3. The summed E-state index contributed by atoms with van der Waals surface area (Å²) in [6.07, 6.45) is 2.72. The monoisotopic (exact) mass is 278 g/mol. The van der Waals surface area contributed by atoms with Crippen molar-refractivity contribution in [3.63, 3.8) is 0 Å². The molecule has 1 aromatic carbocycles. The van der Waals surface area contributed by atoms with Gasteiger partial charge in [0.05, 0.1) is 11.6 Å². The van der Waals surface area contributed by atoms with E-state index in [0.29, 0.717) is 17.7 Å². The first-order valence-corrected chi connectivity index (χ1v) is 6.95. The molecule has 0 aliphatic carbocycles. The topological polar surface area (TPSA) is 34.1 Å². The van der Waals surface area contributed by atoms with Crippen molar-refractivity contribution in [3.8, 4) is 5.75 Å². The number of pyridine rings is 1. The van der Waals surface area contributed by atoms with Gasteiger partial charge in [0.25, 0.3) is 0 Å². The molecule has 0 saturated heterocycles. The predicted molar refractivity (Wildman–Crippen MR) is 80.0 cm³/mol. The highest BCUT2D eigenvalue weighted by atomic mass is 35.5. The van der Waals surface area contributed by atoms with E-state index in [1.807, 2.05) is 24.3 Å². The number of nitrogens with one attached hydrogen (secondary N) is 1. The highest BCUT2D eigenvalue weighted by Gasteiger charge is 2.06. The van der Waals surface area contributed by atoms with Crippen LogP contribution >= 0.6 is 11.6 Å². The largest absolute Gasteiger partial charge is 0.491 e. The fraction of sp³-hybridized carbons (Fsp3) is 0.400. The van der Waals surface area contributed by atoms with Crippen LogP contribution in [0.3, 0.4) is 0 Å². The maximum atomic E-state index is 6.14. The molecular formula is C15H19ClN2O. The number of halogens is 1. The van der Waals surface area contributed by atoms with Gasteiger partial charge in [0.2, 0.25) is 0 Å². The smallest absolute Gasteiger partial charge is 0.145 e. The molecule has 2 rings (SSSR count). The lowest BCUT2D eigenvalue weighted by atomic mass is 10.2. The number of fused-ring (bicyclic) bond motifs is 1. The average molecular weight is 279 g/mol. The fourth-order valence-electron chi connectivity index (χ4n) is 1.87. The van der Waals surface area contributed by atoms with Crippen molar-refractivity contribution in [1.29, 1.82) is 0 Å². The van der Waals surface area contributed by atoms with Crippen molar-refractivity contribution < 1.29 is 4.74 Å². The van der Waals surface area contributed by atoms with Gasteiger partial charge in [0.15, 0.2) is 0 Å². The highest BCUT2D eigenvalue weighted by molar-refractivity contribution is 6.35. The summed E-state index contributed by atoms with van der Waals surface area (Å²) in [5.41, 5.74) is 0.826. The van der Waals surface area contributed by atoms with Gasteiger partial charge in [-0.05, 0) is 37.2 Å². The molecule has 19 heavy (non-hydrogen) atoms. The molecule has 102 valence electrons. The second kappa shape index (κ2) is 6.73. The Labute approximate surface area is 118 Å². The first-order chi connectivity index (χ1) is 9.18. The Hall–Kier alpha value is -1.32. The molecule has 0 fully saturated rings. The number of ether oxygens (including phenoxy) is 1. The average Bonchev–Trinajstić information content (AvgIpc) is 2.41. The molecule has 0 unspecified atom stereocenters. The van der Waals surface area contributed by atoms with Crippen LogP contribution in [-0.2, 0) is 0 Å². The van der Waals surface area contributed by atoms with Gasteiger partial charge in [-0.25, -0.2) is 0 Å². The molecule has 0 aliphatic rings. The Balaban J connectivity index is 1.99. The van der Waals surface area contributed by atoms with Crippen LogP contribution in [0.15, 0.2) is 30.5 Å². The molecule has 1 aromatic heterocycles. The molecule has 0 saturated carbocycles. The summed E-state index contributed by atoms with van der Waals surface area (Å²) in [5.74, 6) is 0.796. The molecule has 4 heteroatoms. The van der Waals surface area contributed by atoms with E-state index in [0.717, 1.165) is 29.6 Å². The molecule has 0 bridgehead atoms. The van der Waals surface area contributed by atoms with Crippen LogP contribution in [0.2, 0.25) is 5.02 Å². The van der Waals surface area contributed by atoms with E-state index in [1.165, 1.54) is 0 Å². The quantitative estimate of drug-likeness (QED) is 0.819. The van der Waals surface area contributed by atoms with Crippen molar-refractivity contribution >= 4 is 22.5 Å². The van der Waals surface area contributed by atoms with Crippen LogP contribution < -0.4 is 10.1 Å². The van der Waals surface area contributed by atoms with Gasteiger partial charge in [0.1, 0.15) is 11.3 Å². The Morgan fingerprint density at radius 2 is 2.16 bits per heavy atom. The van der Waals surface area contributed by atoms with Crippen LogP contribution in [0.4, 0.5) is 0 Å². The maximum Gasteiger partial charge on any atom is 0.145 e. The minimum atomic E-state index is 0.512. The summed E-state index contributed by atoms with van der Waals surface area (Å²) >= 11 is 6.14. The Morgan fingerprint density at radius 1 is 1.32 bits per heavy atom. The van der Waals surface area contributed by atoms with E-state index < -0.39 is 0 Å². The van der Waals surface area contributed by atoms with E-state index in [-0.39, 0.29) is 0 Å². The van der Waals surface area contributed by atoms with E-state index in [9.17, 15) is 0 Å². The number of aromatic nitrogens is 1. The first kappa shape index (κ1) is 14.1.